The molecular formula is C15H20BrIN4. The zero-order chi connectivity index (χ0) is 13.9. The lowest BCUT2D eigenvalue weighted by Crippen LogP contribution is -2.37. The van der Waals surface area contributed by atoms with Gasteiger partial charge >= 0.3 is 0 Å². The predicted molar refractivity (Wildman–Crippen MR) is 102 cm³/mol. The van der Waals surface area contributed by atoms with Gasteiger partial charge in [-0.05, 0) is 43.0 Å². The maximum Gasteiger partial charge on any atom is 0.188 e. The van der Waals surface area contributed by atoms with Crippen LogP contribution in [-0.4, -0.2) is 17.5 Å². The number of guanidine groups is 1. The summed E-state index contributed by atoms with van der Waals surface area (Å²) in [5.74, 6) is 1.32. The Morgan fingerprint density at radius 3 is 2.90 bits per heavy atom. The zero-order valence-electron chi connectivity index (χ0n) is 11.7. The highest BCUT2D eigenvalue weighted by atomic mass is 127. The average molecular weight is 463 g/mol. The fourth-order valence-corrected chi connectivity index (χ4v) is 2.80. The Labute approximate surface area is 150 Å². The molecule has 1 fully saturated rings. The molecule has 1 aromatic carbocycles. The molecular weight excluding hydrogens is 443 g/mol. The van der Waals surface area contributed by atoms with Crippen molar-refractivity contribution in [1.29, 1.82) is 0 Å². The van der Waals surface area contributed by atoms with Gasteiger partial charge in [0.25, 0.3) is 0 Å². The Hall–Kier alpha value is -0.760. The molecule has 3 rings (SSSR count). The fourth-order valence-electron chi connectivity index (χ4n) is 2.42. The summed E-state index contributed by atoms with van der Waals surface area (Å²) in [6, 6.07) is 8.30. The van der Waals surface area contributed by atoms with E-state index in [0.717, 1.165) is 28.1 Å². The molecule has 0 amide bonds. The summed E-state index contributed by atoms with van der Waals surface area (Å²) < 4.78 is 1.08. The lowest BCUT2D eigenvalue weighted by molar-refractivity contribution is 0.315. The first kappa shape index (κ1) is 16.6. The van der Waals surface area contributed by atoms with E-state index in [1.807, 2.05) is 6.07 Å². The summed E-state index contributed by atoms with van der Waals surface area (Å²) in [6.07, 6.45) is 3.99. The number of hydrogen-bond acceptors (Lipinski definition) is 1. The van der Waals surface area contributed by atoms with E-state index >= 15 is 0 Å². The van der Waals surface area contributed by atoms with Crippen LogP contribution in [0, 0.1) is 5.92 Å². The Bertz CT molecular complexity index is 634. The van der Waals surface area contributed by atoms with Gasteiger partial charge in [0, 0.05) is 27.6 Å². The van der Waals surface area contributed by atoms with Crippen LogP contribution in [0.1, 0.15) is 25.0 Å². The van der Waals surface area contributed by atoms with Crippen molar-refractivity contribution in [2.75, 3.05) is 6.54 Å². The number of nitrogens with two attached hydrogens (primary N) is 1. The van der Waals surface area contributed by atoms with E-state index in [4.69, 9.17) is 5.73 Å². The van der Waals surface area contributed by atoms with E-state index in [9.17, 15) is 0 Å². The van der Waals surface area contributed by atoms with Gasteiger partial charge in [0.2, 0.25) is 0 Å². The minimum absolute atomic E-state index is 0. The molecule has 0 unspecified atom stereocenters. The Morgan fingerprint density at radius 1 is 1.38 bits per heavy atom. The molecule has 6 heteroatoms. The van der Waals surface area contributed by atoms with Crippen LogP contribution in [0.2, 0.25) is 0 Å². The van der Waals surface area contributed by atoms with Crippen LogP contribution in [0.4, 0.5) is 0 Å². The van der Waals surface area contributed by atoms with E-state index in [2.05, 4.69) is 49.4 Å². The molecule has 1 heterocycles. The normalized spacial score (nSPS) is 15.6. The molecule has 114 valence electrons. The standard InChI is InChI=1S/C15H19BrN4.HI/c16-12-4-5-14-11(6-12)7-13(20-14)9-19-15(17)18-8-10-2-1-3-10;/h4-7,10,20H,1-3,8-9H2,(H3,17,18,19);1H. The highest BCUT2D eigenvalue weighted by molar-refractivity contribution is 14.0. The number of aliphatic imine (C=N–C) groups is 1. The van der Waals surface area contributed by atoms with Gasteiger partial charge in [-0.3, -0.25) is 0 Å². The molecule has 0 spiro atoms. The van der Waals surface area contributed by atoms with Gasteiger partial charge in [-0.2, -0.15) is 0 Å². The van der Waals surface area contributed by atoms with Gasteiger partial charge < -0.3 is 16.0 Å². The summed E-state index contributed by atoms with van der Waals surface area (Å²) in [5, 5.41) is 4.39. The largest absolute Gasteiger partial charge is 0.370 e. The first-order chi connectivity index (χ1) is 9.70. The second-order valence-electron chi connectivity index (χ2n) is 5.41. The molecule has 1 aromatic heterocycles. The van der Waals surface area contributed by atoms with Crippen LogP contribution in [0.3, 0.4) is 0 Å². The maximum absolute atomic E-state index is 5.88. The summed E-state index contributed by atoms with van der Waals surface area (Å²) in [5.41, 5.74) is 8.08. The number of halogens is 2. The molecule has 0 bridgehead atoms. The van der Waals surface area contributed by atoms with Gasteiger partial charge in [0.15, 0.2) is 5.96 Å². The van der Waals surface area contributed by atoms with E-state index in [1.54, 1.807) is 0 Å². The van der Waals surface area contributed by atoms with Crippen LogP contribution in [0.25, 0.3) is 10.9 Å². The third-order valence-electron chi connectivity index (χ3n) is 3.85. The summed E-state index contributed by atoms with van der Waals surface area (Å²) in [6.45, 7) is 1.53. The Kier molecular flexibility index (Phi) is 5.92. The Balaban J connectivity index is 0.00000161. The lowest BCUT2D eigenvalue weighted by atomic mass is 9.85. The van der Waals surface area contributed by atoms with Crippen molar-refractivity contribution in [2.45, 2.75) is 25.8 Å². The van der Waals surface area contributed by atoms with Crippen molar-refractivity contribution < 1.29 is 0 Å². The van der Waals surface area contributed by atoms with Crippen LogP contribution >= 0.6 is 39.9 Å². The molecule has 1 saturated carbocycles. The molecule has 0 radical (unpaired) electrons. The fraction of sp³-hybridized carbons (Fsp3) is 0.400. The van der Waals surface area contributed by atoms with Crippen molar-refractivity contribution in [2.24, 2.45) is 16.6 Å². The monoisotopic (exact) mass is 462 g/mol. The first-order valence-corrected chi connectivity index (χ1v) is 7.81. The quantitative estimate of drug-likeness (QED) is 0.368. The molecule has 0 aliphatic heterocycles. The molecule has 1 aliphatic rings. The van der Waals surface area contributed by atoms with Gasteiger partial charge in [0.1, 0.15) is 0 Å². The summed E-state index contributed by atoms with van der Waals surface area (Å²) in [4.78, 5) is 7.74. The minimum Gasteiger partial charge on any atom is -0.370 e. The lowest BCUT2D eigenvalue weighted by Gasteiger charge is -2.25. The van der Waals surface area contributed by atoms with Crippen LogP contribution in [-0.2, 0) is 6.54 Å². The minimum atomic E-state index is 0. The van der Waals surface area contributed by atoms with Gasteiger partial charge in [-0.25, -0.2) is 4.99 Å². The summed E-state index contributed by atoms with van der Waals surface area (Å²) in [7, 11) is 0. The SMILES string of the molecule is I.NC(=NCc1cc2cc(Br)ccc2[nH]1)NCC1CCC1. The van der Waals surface area contributed by atoms with Crippen LogP contribution < -0.4 is 11.1 Å². The third kappa shape index (κ3) is 4.35. The number of benzene rings is 1. The smallest absolute Gasteiger partial charge is 0.188 e. The van der Waals surface area contributed by atoms with Gasteiger partial charge in [0.05, 0.1) is 6.54 Å². The predicted octanol–water partition coefficient (Wildman–Crippen LogP) is 3.75. The molecule has 4 N–H and O–H groups in total. The molecule has 0 atom stereocenters. The van der Waals surface area contributed by atoms with E-state index in [-0.39, 0.29) is 24.0 Å². The summed E-state index contributed by atoms with van der Waals surface area (Å²) >= 11 is 3.48. The van der Waals surface area contributed by atoms with Gasteiger partial charge in [-0.1, -0.05) is 22.4 Å². The highest BCUT2D eigenvalue weighted by Crippen LogP contribution is 2.25. The number of aromatic amines is 1. The van der Waals surface area contributed by atoms with E-state index < -0.39 is 0 Å². The first-order valence-electron chi connectivity index (χ1n) is 7.01. The van der Waals surface area contributed by atoms with Gasteiger partial charge in [-0.15, -0.1) is 24.0 Å². The molecule has 0 saturated heterocycles. The second kappa shape index (κ2) is 7.49. The van der Waals surface area contributed by atoms with Crippen LogP contribution in [0.15, 0.2) is 33.7 Å². The topological polar surface area (TPSA) is 66.2 Å². The number of rotatable bonds is 4. The zero-order valence-corrected chi connectivity index (χ0v) is 15.6. The van der Waals surface area contributed by atoms with Crippen molar-refractivity contribution in [1.82, 2.24) is 10.3 Å². The Morgan fingerprint density at radius 2 is 2.19 bits per heavy atom. The third-order valence-corrected chi connectivity index (χ3v) is 4.35. The number of H-pyrrole nitrogens is 1. The average Bonchev–Trinajstić information content (AvgIpc) is 2.76. The van der Waals surface area contributed by atoms with Crippen molar-refractivity contribution >= 4 is 56.8 Å². The van der Waals surface area contributed by atoms with Crippen molar-refractivity contribution in [3.63, 3.8) is 0 Å². The number of fused-ring (bicyclic) bond motifs is 1. The molecule has 4 nitrogen and oxygen atoms in total. The van der Waals surface area contributed by atoms with Crippen LogP contribution in [0.5, 0.6) is 0 Å². The van der Waals surface area contributed by atoms with Crippen molar-refractivity contribution in [3.05, 3.63) is 34.4 Å². The van der Waals surface area contributed by atoms with Crippen molar-refractivity contribution in [3.8, 4) is 0 Å². The highest BCUT2D eigenvalue weighted by Gasteiger charge is 2.16. The van der Waals surface area contributed by atoms with E-state index in [1.165, 1.54) is 24.6 Å². The number of nitrogens with one attached hydrogen (secondary N) is 2. The molecule has 1 aliphatic carbocycles. The molecule has 2 aromatic rings. The maximum atomic E-state index is 5.88. The molecule has 21 heavy (non-hydrogen) atoms. The number of hydrogen-bond donors (Lipinski definition) is 3. The number of aromatic nitrogens is 1. The number of nitrogens with zero attached hydrogens (tertiary/aromatic N) is 1. The van der Waals surface area contributed by atoms with E-state index in [0.29, 0.717) is 12.5 Å². The second-order valence-corrected chi connectivity index (χ2v) is 6.32.